The quantitative estimate of drug-likeness (QED) is 0.239. The highest BCUT2D eigenvalue weighted by atomic mass is 35.5. The highest BCUT2D eigenvalue weighted by Gasteiger charge is 2.63. The third kappa shape index (κ3) is 3.72. The molecule has 4 aromatic rings. The molecule has 3 aliphatic carbocycles. The standard InChI is InChI=1S/C32H21Cl3N2O3/c33-19-12-9-17(10-13-19)30(38)36(16-18-11-14-20(34)15-25(18)35)37-31(39)28-26-21-5-1-2-6-22(21)27(29(28)32(37)40)24-8-4-3-7-23(24)26/h1-15,26-29H,16H2/t26?,27?,28-,29-/m0/s1. The van der Waals surface area contributed by atoms with E-state index >= 15 is 0 Å². The molecule has 8 rings (SSSR count). The van der Waals surface area contributed by atoms with Crippen LogP contribution < -0.4 is 0 Å². The Hall–Kier alpha value is -3.64. The fourth-order valence-electron chi connectivity index (χ4n) is 6.69. The first-order chi connectivity index (χ1) is 19.3. The second-order valence-electron chi connectivity index (χ2n) is 10.4. The Morgan fingerprint density at radius 1 is 0.675 bits per heavy atom. The van der Waals surface area contributed by atoms with E-state index in [1.807, 2.05) is 48.5 Å². The number of amides is 3. The third-order valence-electron chi connectivity index (χ3n) is 8.33. The van der Waals surface area contributed by atoms with Crippen molar-refractivity contribution in [2.45, 2.75) is 18.4 Å². The first kappa shape index (κ1) is 25.3. The van der Waals surface area contributed by atoms with Gasteiger partial charge in [0.05, 0.1) is 18.4 Å². The van der Waals surface area contributed by atoms with Crippen molar-refractivity contribution in [2.75, 3.05) is 0 Å². The van der Waals surface area contributed by atoms with Gasteiger partial charge in [-0.2, -0.15) is 5.01 Å². The van der Waals surface area contributed by atoms with Gasteiger partial charge < -0.3 is 0 Å². The Labute approximate surface area is 245 Å². The lowest BCUT2D eigenvalue weighted by molar-refractivity contribution is -0.155. The minimum atomic E-state index is -0.622. The predicted molar refractivity (Wildman–Crippen MR) is 153 cm³/mol. The van der Waals surface area contributed by atoms with E-state index in [1.165, 1.54) is 5.01 Å². The number of hydrazine groups is 1. The predicted octanol–water partition coefficient (Wildman–Crippen LogP) is 7.10. The maximum absolute atomic E-state index is 14.4. The average Bonchev–Trinajstić information content (AvgIpc) is 3.23. The lowest BCUT2D eigenvalue weighted by atomic mass is 9.55. The molecule has 2 bridgehead atoms. The molecule has 40 heavy (non-hydrogen) atoms. The van der Waals surface area contributed by atoms with Gasteiger partial charge in [0.2, 0.25) is 0 Å². The van der Waals surface area contributed by atoms with Crippen LogP contribution in [0.1, 0.15) is 50.0 Å². The highest BCUT2D eigenvalue weighted by Crippen LogP contribution is 2.61. The topological polar surface area (TPSA) is 57.7 Å². The fraction of sp³-hybridized carbons (Fsp3) is 0.156. The van der Waals surface area contributed by atoms with Crippen LogP contribution in [-0.4, -0.2) is 27.7 Å². The van der Waals surface area contributed by atoms with Gasteiger partial charge in [0.15, 0.2) is 0 Å². The molecule has 198 valence electrons. The second-order valence-corrected chi connectivity index (χ2v) is 11.6. The number of nitrogens with zero attached hydrogens (tertiary/aromatic N) is 2. The Bertz CT molecular complexity index is 1610. The van der Waals surface area contributed by atoms with Crippen molar-refractivity contribution >= 4 is 52.5 Å². The molecule has 4 aliphatic rings. The first-order valence-corrected chi connectivity index (χ1v) is 14.0. The molecule has 8 heteroatoms. The largest absolute Gasteiger partial charge is 0.273 e. The molecule has 0 N–H and O–H groups in total. The van der Waals surface area contributed by atoms with E-state index in [0.717, 1.165) is 27.3 Å². The lowest BCUT2D eigenvalue weighted by Crippen LogP contribution is -2.50. The van der Waals surface area contributed by atoms with E-state index in [9.17, 15) is 14.4 Å². The van der Waals surface area contributed by atoms with Crippen LogP contribution in [0.25, 0.3) is 0 Å². The number of carbonyl (C=O) groups excluding carboxylic acids is 3. The first-order valence-electron chi connectivity index (χ1n) is 12.9. The van der Waals surface area contributed by atoms with Crippen molar-refractivity contribution in [3.8, 4) is 0 Å². The number of hydrogen-bond donors (Lipinski definition) is 0. The van der Waals surface area contributed by atoms with Crippen molar-refractivity contribution in [2.24, 2.45) is 11.8 Å². The molecule has 1 saturated heterocycles. The SMILES string of the molecule is O=C(c1ccc(Cl)cc1)N(Cc1ccc(Cl)cc1Cl)N1C(=O)[C@H]2C3c4ccccc4C(c4ccccc43)[C@@H]2C1=O. The molecule has 0 spiro atoms. The molecule has 1 aliphatic heterocycles. The number of carbonyl (C=O) groups is 3. The van der Waals surface area contributed by atoms with Gasteiger partial charge in [0.1, 0.15) is 0 Å². The van der Waals surface area contributed by atoms with Gasteiger partial charge in [-0.15, -0.1) is 0 Å². The Morgan fingerprint density at radius 3 is 1.62 bits per heavy atom. The summed E-state index contributed by atoms with van der Waals surface area (Å²) in [5, 5.41) is 3.52. The molecular weight excluding hydrogens is 567 g/mol. The summed E-state index contributed by atoms with van der Waals surface area (Å²) in [7, 11) is 0. The van der Waals surface area contributed by atoms with Gasteiger partial charge in [-0.05, 0) is 64.2 Å². The number of benzene rings is 4. The average molecular weight is 588 g/mol. The lowest BCUT2D eigenvalue weighted by Gasteiger charge is -2.45. The van der Waals surface area contributed by atoms with Gasteiger partial charge in [-0.1, -0.05) is 89.4 Å². The van der Waals surface area contributed by atoms with Crippen LogP contribution in [0, 0.1) is 11.8 Å². The van der Waals surface area contributed by atoms with Crippen molar-refractivity contribution in [1.29, 1.82) is 0 Å². The van der Waals surface area contributed by atoms with Crippen LogP contribution in [0.3, 0.4) is 0 Å². The zero-order valence-corrected chi connectivity index (χ0v) is 23.2. The van der Waals surface area contributed by atoms with Gasteiger partial charge in [-0.3, -0.25) is 14.4 Å². The summed E-state index contributed by atoms with van der Waals surface area (Å²) in [5.74, 6) is -3.09. The molecule has 0 saturated carbocycles. The molecule has 5 nitrogen and oxygen atoms in total. The summed E-state index contributed by atoms with van der Waals surface area (Å²) >= 11 is 18.7. The molecular formula is C32H21Cl3N2O3. The number of hydrogen-bond acceptors (Lipinski definition) is 3. The Morgan fingerprint density at radius 2 is 1.15 bits per heavy atom. The number of imide groups is 1. The second kappa shape index (κ2) is 9.48. The monoisotopic (exact) mass is 586 g/mol. The summed E-state index contributed by atoms with van der Waals surface area (Å²) in [6.07, 6.45) is 0. The smallest absolute Gasteiger partial charge is 0.272 e. The van der Waals surface area contributed by atoms with Crippen molar-refractivity contribution in [1.82, 2.24) is 10.0 Å². The summed E-state index contributed by atoms with van der Waals surface area (Å²) in [4.78, 5) is 42.7. The van der Waals surface area contributed by atoms with E-state index in [4.69, 9.17) is 34.8 Å². The van der Waals surface area contributed by atoms with Gasteiger partial charge in [0.25, 0.3) is 17.7 Å². The molecule has 1 heterocycles. The minimum Gasteiger partial charge on any atom is -0.272 e. The Kier molecular flexibility index (Phi) is 6.00. The van der Waals surface area contributed by atoms with E-state index in [2.05, 4.69) is 0 Å². The maximum atomic E-state index is 14.4. The fourth-order valence-corrected chi connectivity index (χ4v) is 7.28. The molecule has 0 aromatic heterocycles. The number of rotatable bonds is 4. The molecule has 2 atom stereocenters. The van der Waals surface area contributed by atoms with E-state index in [1.54, 1.807) is 42.5 Å². The van der Waals surface area contributed by atoms with Gasteiger partial charge in [0, 0.05) is 32.5 Å². The van der Waals surface area contributed by atoms with Crippen LogP contribution in [0.2, 0.25) is 15.1 Å². The van der Waals surface area contributed by atoms with Crippen molar-refractivity contribution in [3.05, 3.63) is 139 Å². The van der Waals surface area contributed by atoms with Gasteiger partial charge in [-0.25, -0.2) is 5.01 Å². The minimum absolute atomic E-state index is 0.0936. The van der Waals surface area contributed by atoms with Gasteiger partial charge >= 0.3 is 0 Å². The van der Waals surface area contributed by atoms with Crippen LogP contribution in [-0.2, 0) is 16.1 Å². The van der Waals surface area contributed by atoms with Crippen LogP contribution in [0.15, 0.2) is 91.0 Å². The summed E-state index contributed by atoms with van der Waals surface area (Å²) in [6, 6.07) is 27.3. The third-order valence-corrected chi connectivity index (χ3v) is 9.17. The zero-order valence-electron chi connectivity index (χ0n) is 20.9. The normalized spacial score (nSPS) is 22.1. The molecule has 0 radical (unpaired) electrons. The van der Waals surface area contributed by atoms with E-state index in [0.29, 0.717) is 26.2 Å². The van der Waals surface area contributed by atoms with Crippen LogP contribution in [0.4, 0.5) is 0 Å². The van der Waals surface area contributed by atoms with E-state index in [-0.39, 0.29) is 30.2 Å². The van der Waals surface area contributed by atoms with E-state index < -0.39 is 17.7 Å². The molecule has 3 amide bonds. The zero-order chi connectivity index (χ0) is 27.7. The Balaban J connectivity index is 1.35. The van der Waals surface area contributed by atoms with Crippen LogP contribution in [0.5, 0.6) is 0 Å². The summed E-state index contributed by atoms with van der Waals surface area (Å²) in [6.45, 7) is -0.0936. The van der Waals surface area contributed by atoms with Crippen LogP contribution >= 0.6 is 34.8 Å². The summed E-state index contributed by atoms with van der Waals surface area (Å²) < 4.78 is 0. The highest BCUT2D eigenvalue weighted by molar-refractivity contribution is 6.35. The maximum Gasteiger partial charge on any atom is 0.273 e. The molecule has 0 unspecified atom stereocenters. The molecule has 1 fully saturated rings. The molecule has 4 aromatic carbocycles. The van der Waals surface area contributed by atoms with Crippen molar-refractivity contribution in [3.63, 3.8) is 0 Å². The van der Waals surface area contributed by atoms with Crippen molar-refractivity contribution < 1.29 is 14.4 Å². The number of halogens is 3. The summed E-state index contributed by atoms with van der Waals surface area (Å²) in [5.41, 5.74) is 5.09.